The third kappa shape index (κ3) is 4.84. The Hall–Kier alpha value is -3.48. The van der Waals surface area contributed by atoms with Gasteiger partial charge in [0.25, 0.3) is 0 Å². The van der Waals surface area contributed by atoms with Gasteiger partial charge in [-0.05, 0) is 43.5 Å². The number of piperazine rings is 1. The van der Waals surface area contributed by atoms with Gasteiger partial charge >= 0.3 is 0 Å². The molecule has 1 saturated heterocycles. The lowest BCUT2D eigenvalue weighted by Crippen LogP contribution is -2.54. The maximum atomic E-state index is 13.7. The summed E-state index contributed by atoms with van der Waals surface area (Å²) in [7, 11) is -3.75. The zero-order valence-corrected chi connectivity index (χ0v) is 24.0. The van der Waals surface area contributed by atoms with Gasteiger partial charge in [0.05, 0.1) is 10.3 Å². The fourth-order valence-electron chi connectivity index (χ4n) is 5.70. The van der Waals surface area contributed by atoms with Gasteiger partial charge in [-0.25, -0.2) is 13.4 Å². The van der Waals surface area contributed by atoms with E-state index < -0.39 is 10.0 Å². The molecular formula is C28H30N6O4S2. The van der Waals surface area contributed by atoms with Crippen molar-refractivity contribution in [2.75, 3.05) is 24.5 Å². The minimum absolute atomic E-state index is 0.191. The summed E-state index contributed by atoms with van der Waals surface area (Å²) in [5, 5.41) is 8.63. The first kappa shape index (κ1) is 26.7. The molecule has 10 nitrogen and oxygen atoms in total. The summed E-state index contributed by atoms with van der Waals surface area (Å²) in [6.07, 6.45) is 2.42. The second-order valence-electron chi connectivity index (χ2n) is 10.5. The molecule has 0 spiro atoms. The molecule has 6 rings (SSSR count). The van der Waals surface area contributed by atoms with Gasteiger partial charge in [-0.15, -0.1) is 10.2 Å². The molecule has 12 heteroatoms. The van der Waals surface area contributed by atoms with Crippen LogP contribution in [0.3, 0.4) is 0 Å². The second kappa shape index (κ2) is 10.5. The van der Waals surface area contributed by atoms with Crippen molar-refractivity contribution in [2.45, 2.75) is 55.9 Å². The van der Waals surface area contributed by atoms with E-state index in [-0.39, 0.29) is 28.0 Å². The Bertz CT molecular complexity index is 1620. The fourth-order valence-corrected chi connectivity index (χ4v) is 8.15. The van der Waals surface area contributed by atoms with Crippen LogP contribution < -0.4 is 4.90 Å². The first-order chi connectivity index (χ1) is 19.3. The Balaban J connectivity index is 1.21. The van der Waals surface area contributed by atoms with E-state index in [0.717, 1.165) is 16.5 Å². The molecule has 1 unspecified atom stereocenters. The number of anilines is 1. The Morgan fingerprint density at radius 2 is 1.80 bits per heavy atom. The topological polar surface area (TPSA) is 122 Å². The number of nitrogens with zero attached hydrogens (tertiary/aromatic N) is 6. The van der Waals surface area contributed by atoms with Crippen LogP contribution in [0.2, 0.25) is 0 Å². The second-order valence-corrected chi connectivity index (χ2v) is 13.1. The summed E-state index contributed by atoms with van der Waals surface area (Å²) in [6.45, 7) is 4.91. The average Bonchev–Trinajstić information content (AvgIpc) is 3.64. The third-order valence-electron chi connectivity index (χ3n) is 7.88. The van der Waals surface area contributed by atoms with Gasteiger partial charge in [-0.3, -0.25) is 4.79 Å². The molecular weight excluding hydrogens is 548 g/mol. The summed E-state index contributed by atoms with van der Waals surface area (Å²) in [5.41, 5.74) is 1.31. The maximum absolute atomic E-state index is 13.7. The molecule has 2 fully saturated rings. The van der Waals surface area contributed by atoms with Gasteiger partial charge in [0.1, 0.15) is 5.78 Å². The summed E-state index contributed by atoms with van der Waals surface area (Å²) in [4.78, 5) is 19.4. The lowest BCUT2D eigenvalue weighted by Gasteiger charge is -2.38. The van der Waals surface area contributed by atoms with Crippen molar-refractivity contribution in [3.05, 3.63) is 71.9 Å². The van der Waals surface area contributed by atoms with E-state index >= 15 is 0 Å². The molecule has 1 saturated carbocycles. The average molecular weight is 579 g/mol. The van der Waals surface area contributed by atoms with E-state index in [1.54, 1.807) is 35.5 Å². The number of carbonyl (C=O) groups is 1. The molecule has 4 aromatic rings. The highest BCUT2D eigenvalue weighted by Gasteiger charge is 2.42. The normalized spacial score (nSPS) is 20.1. The Morgan fingerprint density at radius 3 is 2.50 bits per heavy atom. The van der Waals surface area contributed by atoms with E-state index in [1.807, 2.05) is 25.1 Å². The summed E-state index contributed by atoms with van der Waals surface area (Å²) >= 11 is 1.34. The van der Waals surface area contributed by atoms with Crippen LogP contribution in [0.4, 0.5) is 5.13 Å². The predicted octanol–water partition coefficient (Wildman–Crippen LogP) is 4.23. The number of benzene rings is 2. The highest BCUT2D eigenvalue weighted by atomic mass is 32.2. The van der Waals surface area contributed by atoms with Gasteiger partial charge in [0, 0.05) is 62.5 Å². The van der Waals surface area contributed by atoms with Crippen LogP contribution in [0.5, 0.6) is 0 Å². The van der Waals surface area contributed by atoms with Crippen molar-refractivity contribution < 1.29 is 17.6 Å². The first-order valence-corrected chi connectivity index (χ1v) is 15.6. The molecule has 1 aliphatic carbocycles. The molecule has 1 aliphatic heterocycles. The molecule has 2 aromatic carbocycles. The van der Waals surface area contributed by atoms with Crippen LogP contribution >= 0.6 is 11.5 Å². The summed E-state index contributed by atoms with van der Waals surface area (Å²) in [6, 6.07) is 16.5. The molecule has 2 aromatic heterocycles. The number of hydrogen-bond acceptors (Lipinski definition) is 10. The van der Waals surface area contributed by atoms with Gasteiger partial charge in [0.15, 0.2) is 5.82 Å². The Labute approximate surface area is 237 Å². The third-order valence-corrected chi connectivity index (χ3v) is 10.7. The van der Waals surface area contributed by atoms with Crippen LogP contribution in [0.1, 0.15) is 49.9 Å². The fraction of sp³-hybridized carbons (Fsp3) is 0.393. The molecule has 0 amide bonds. The Morgan fingerprint density at radius 1 is 1.02 bits per heavy atom. The molecule has 0 radical (unpaired) electrons. The standard InChI is InChI=1S/C28H30N6O4S2/c1-19-18-33(15-16-34(19)40(36,37)24-10-6-7-21(17-24)25-31-30-20(2)38-25)27-29-26(32-39-27)28(13-11-23(35)12-14-28)22-8-4-3-5-9-22/h3-10,17,19H,11-16,18H2,1-2H3. The lowest BCUT2D eigenvalue weighted by molar-refractivity contribution is -0.121. The smallest absolute Gasteiger partial charge is 0.247 e. The van der Waals surface area contributed by atoms with Crippen molar-refractivity contribution in [1.29, 1.82) is 0 Å². The highest BCUT2D eigenvalue weighted by Crippen LogP contribution is 2.44. The SMILES string of the molecule is Cc1nnc(-c2cccc(S(=O)(=O)N3CCN(c4nc(C5(c6ccccc6)CCC(=O)CC5)ns4)CC3C)c2)o1. The van der Waals surface area contributed by atoms with Crippen molar-refractivity contribution >= 4 is 32.5 Å². The van der Waals surface area contributed by atoms with Crippen LogP contribution in [0.25, 0.3) is 11.5 Å². The van der Waals surface area contributed by atoms with Gasteiger partial charge in [-0.2, -0.15) is 8.68 Å². The molecule has 0 bridgehead atoms. The maximum Gasteiger partial charge on any atom is 0.247 e. The lowest BCUT2D eigenvalue weighted by atomic mass is 9.68. The largest absolute Gasteiger partial charge is 0.421 e. The van der Waals surface area contributed by atoms with Gasteiger partial charge in [-0.1, -0.05) is 36.4 Å². The number of ketones is 1. The van der Waals surface area contributed by atoms with E-state index in [4.69, 9.17) is 13.8 Å². The predicted molar refractivity (Wildman–Crippen MR) is 151 cm³/mol. The van der Waals surface area contributed by atoms with Crippen molar-refractivity contribution in [3.63, 3.8) is 0 Å². The van der Waals surface area contributed by atoms with Crippen molar-refractivity contribution in [2.24, 2.45) is 0 Å². The number of hydrogen-bond donors (Lipinski definition) is 0. The van der Waals surface area contributed by atoms with E-state index in [2.05, 4.69) is 27.2 Å². The summed E-state index contributed by atoms with van der Waals surface area (Å²) in [5.74, 6) is 1.74. The molecule has 2 aliphatic rings. The first-order valence-electron chi connectivity index (χ1n) is 13.3. The van der Waals surface area contributed by atoms with E-state index in [9.17, 15) is 13.2 Å². The van der Waals surface area contributed by atoms with Gasteiger partial charge in [0.2, 0.25) is 26.9 Å². The monoisotopic (exact) mass is 578 g/mol. The quantitative estimate of drug-likeness (QED) is 0.331. The molecule has 3 heterocycles. The van der Waals surface area contributed by atoms with Crippen molar-refractivity contribution in [3.8, 4) is 11.5 Å². The highest BCUT2D eigenvalue weighted by molar-refractivity contribution is 7.89. The number of sulfonamides is 1. The van der Waals surface area contributed by atoms with E-state index in [0.29, 0.717) is 56.8 Å². The van der Waals surface area contributed by atoms with Crippen LogP contribution in [-0.2, 0) is 20.2 Å². The number of aryl methyl sites for hydroxylation is 1. The zero-order chi connectivity index (χ0) is 27.9. The zero-order valence-electron chi connectivity index (χ0n) is 22.4. The molecule has 1 atom stereocenters. The number of aromatic nitrogens is 4. The van der Waals surface area contributed by atoms with Crippen LogP contribution in [0.15, 0.2) is 63.9 Å². The molecule has 208 valence electrons. The molecule has 0 N–H and O–H groups in total. The number of Topliss-reactive ketones (excluding diaryl/α,β-unsaturated/α-hetero) is 1. The molecule has 40 heavy (non-hydrogen) atoms. The van der Waals surface area contributed by atoms with Crippen LogP contribution in [-0.4, -0.2) is 63.7 Å². The number of rotatable bonds is 6. The van der Waals surface area contributed by atoms with Crippen molar-refractivity contribution in [1.82, 2.24) is 23.9 Å². The minimum Gasteiger partial charge on any atom is -0.421 e. The van der Waals surface area contributed by atoms with Crippen LogP contribution in [0, 0.1) is 6.92 Å². The minimum atomic E-state index is -3.75. The Kier molecular flexibility index (Phi) is 7.01. The number of carbonyl (C=O) groups excluding carboxylic acids is 1. The van der Waals surface area contributed by atoms with E-state index in [1.165, 1.54) is 11.5 Å². The summed E-state index contributed by atoms with van der Waals surface area (Å²) < 4.78 is 39.1. The van der Waals surface area contributed by atoms with Gasteiger partial charge < -0.3 is 9.32 Å².